The van der Waals surface area contributed by atoms with Crippen LogP contribution in [0, 0.1) is 5.82 Å². The van der Waals surface area contributed by atoms with Crippen LogP contribution in [0.3, 0.4) is 0 Å². The quantitative estimate of drug-likeness (QED) is 0.403. The van der Waals surface area contributed by atoms with Gasteiger partial charge in [-0.15, -0.1) is 0 Å². The van der Waals surface area contributed by atoms with Crippen LogP contribution in [0.2, 0.25) is 5.15 Å². The first-order chi connectivity index (χ1) is 14.6. The number of nitrogens with one attached hydrogen (secondary N) is 2. The van der Waals surface area contributed by atoms with E-state index in [1.807, 2.05) is 19.1 Å². The van der Waals surface area contributed by atoms with E-state index < -0.39 is 0 Å². The third-order valence-electron chi connectivity index (χ3n) is 4.90. The monoisotopic (exact) mass is 456 g/mol. The predicted molar refractivity (Wildman–Crippen MR) is 122 cm³/mol. The van der Waals surface area contributed by atoms with Crippen LogP contribution in [-0.4, -0.2) is 34.5 Å². The maximum absolute atomic E-state index is 14.0. The fraction of sp³-hybridized carbons (Fsp3) is 0.150. The standard InChI is InChI=1S/C20H16ClFN8.H2S/c1-2-14(28-20-18-19(25-9-24-18)26-10-27-20)13-7-16-23-8-15(21)30(16)29-17(13)11-4-3-5-12(22)6-11;/h3-10,14H,2H2,1H3,(H2,24,25,26,27,28);1H2/t14-;/m0./s1. The molecule has 0 saturated heterocycles. The molecule has 0 aliphatic carbocycles. The van der Waals surface area contributed by atoms with Crippen molar-refractivity contribution in [2.24, 2.45) is 0 Å². The largest absolute Gasteiger partial charge is 0.361 e. The molecule has 5 rings (SSSR count). The highest BCUT2D eigenvalue weighted by Gasteiger charge is 2.21. The van der Waals surface area contributed by atoms with Crippen molar-refractivity contribution in [3.8, 4) is 11.3 Å². The van der Waals surface area contributed by atoms with Crippen LogP contribution in [0.4, 0.5) is 10.2 Å². The zero-order valence-corrected chi connectivity index (χ0v) is 18.1. The van der Waals surface area contributed by atoms with Crippen molar-refractivity contribution in [3.05, 3.63) is 65.7 Å². The number of H-pyrrole nitrogens is 1. The molecule has 4 heterocycles. The van der Waals surface area contributed by atoms with Crippen LogP contribution in [0.15, 0.2) is 49.2 Å². The van der Waals surface area contributed by atoms with Crippen molar-refractivity contribution in [1.29, 1.82) is 0 Å². The van der Waals surface area contributed by atoms with Crippen LogP contribution >= 0.6 is 25.1 Å². The van der Waals surface area contributed by atoms with Gasteiger partial charge in [0.05, 0.1) is 24.3 Å². The first kappa shape index (κ1) is 21.0. The third kappa shape index (κ3) is 3.79. The Morgan fingerprint density at radius 1 is 1.19 bits per heavy atom. The number of rotatable bonds is 5. The normalized spacial score (nSPS) is 12.1. The first-order valence-electron chi connectivity index (χ1n) is 9.34. The van der Waals surface area contributed by atoms with Crippen LogP contribution in [0.5, 0.6) is 0 Å². The van der Waals surface area contributed by atoms with Crippen LogP contribution in [0.25, 0.3) is 28.1 Å². The summed E-state index contributed by atoms with van der Waals surface area (Å²) < 4.78 is 15.5. The number of benzene rings is 1. The molecule has 0 saturated carbocycles. The SMILES string of the molecule is CC[C@H](Nc1ncnc2nc[nH]c12)c1cc2ncc(Cl)n2nc1-c1cccc(F)c1.S. The van der Waals surface area contributed by atoms with E-state index in [1.54, 1.807) is 12.4 Å². The Morgan fingerprint density at radius 2 is 2.06 bits per heavy atom. The summed E-state index contributed by atoms with van der Waals surface area (Å²) in [4.78, 5) is 20.1. The van der Waals surface area contributed by atoms with Gasteiger partial charge in [0, 0.05) is 11.1 Å². The van der Waals surface area contributed by atoms with Crippen molar-refractivity contribution < 1.29 is 4.39 Å². The Balaban J connectivity index is 0.00000231. The molecule has 0 aliphatic rings. The van der Waals surface area contributed by atoms with Crippen molar-refractivity contribution in [2.45, 2.75) is 19.4 Å². The van der Waals surface area contributed by atoms with Gasteiger partial charge in [-0.1, -0.05) is 30.7 Å². The van der Waals surface area contributed by atoms with Crippen molar-refractivity contribution in [3.63, 3.8) is 0 Å². The molecule has 2 N–H and O–H groups in total. The molecule has 8 nitrogen and oxygen atoms in total. The third-order valence-corrected chi connectivity index (χ3v) is 5.15. The molecule has 0 unspecified atom stereocenters. The molecule has 0 radical (unpaired) electrons. The molecule has 158 valence electrons. The minimum absolute atomic E-state index is 0. The summed E-state index contributed by atoms with van der Waals surface area (Å²) in [6, 6.07) is 8.05. The Bertz CT molecular complexity index is 1370. The summed E-state index contributed by atoms with van der Waals surface area (Å²) in [6.45, 7) is 2.04. The number of hydrogen-bond donors (Lipinski definition) is 2. The van der Waals surface area contributed by atoms with Crippen LogP contribution < -0.4 is 5.32 Å². The Hall–Kier alpha value is -3.24. The molecule has 0 spiro atoms. The Morgan fingerprint density at radius 3 is 2.87 bits per heavy atom. The summed E-state index contributed by atoms with van der Waals surface area (Å²) in [5.41, 5.74) is 3.99. The van der Waals surface area contributed by atoms with Gasteiger partial charge in [-0.25, -0.2) is 28.8 Å². The van der Waals surface area contributed by atoms with Gasteiger partial charge in [0.25, 0.3) is 0 Å². The second-order valence-electron chi connectivity index (χ2n) is 6.74. The number of imidazole rings is 2. The van der Waals surface area contributed by atoms with Crippen molar-refractivity contribution >= 4 is 47.7 Å². The summed E-state index contributed by atoms with van der Waals surface area (Å²) in [6.07, 6.45) is 5.29. The molecule has 0 amide bonds. The van der Waals surface area contributed by atoms with Gasteiger partial charge in [0.1, 0.15) is 17.7 Å². The van der Waals surface area contributed by atoms with E-state index in [2.05, 4.69) is 35.3 Å². The molecule has 11 heteroatoms. The Labute approximate surface area is 188 Å². The molecule has 0 bridgehead atoms. The van der Waals surface area contributed by atoms with Crippen molar-refractivity contribution in [2.75, 3.05) is 5.32 Å². The van der Waals surface area contributed by atoms with Crippen molar-refractivity contribution in [1.82, 2.24) is 34.5 Å². The number of aromatic amines is 1. The number of anilines is 1. The fourth-order valence-electron chi connectivity index (χ4n) is 3.47. The van der Waals surface area contributed by atoms with E-state index >= 15 is 0 Å². The molecule has 0 fully saturated rings. The van der Waals surface area contributed by atoms with Gasteiger partial charge in [-0.2, -0.15) is 18.6 Å². The number of fused-ring (bicyclic) bond motifs is 2. The van der Waals surface area contributed by atoms with E-state index in [9.17, 15) is 4.39 Å². The maximum atomic E-state index is 14.0. The second kappa shape index (κ2) is 8.48. The van der Waals surface area contributed by atoms with E-state index in [0.717, 1.165) is 5.56 Å². The van der Waals surface area contributed by atoms with Gasteiger partial charge in [0.2, 0.25) is 0 Å². The van der Waals surface area contributed by atoms with E-state index in [1.165, 1.54) is 29.2 Å². The molecule has 1 aromatic carbocycles. The number of halogens is 2. The van der Waals surface area contributed by atoms with Gasteiger partial charge >= 0.3 is 0 Å². The topological polar surface area (TPSA) is 96.7 Å². The molecule has 0 aliphatic heterocycles. The van der Waals surface area contributed by atoms with Crippen LogP contribution in [0.1, 0.15) is 24.9 Å². The molecule has 5 aromatic rings. The minimum atomic E-state index is -0.340. The van der Waals surface area contributed by atoms with E-state index in [-0.39, 0.29) is 25.4 Å². The van der Waals surface area contributed by atoms with Gasteiger partial charge in [-0.3, -0.25) is 0 Å². The highest BCUT2D eigenvalue weighted by molar-refractivity contribution is 7.59. The lowest BCUT2D eigenvalue weighted by Gasteiger charge is -2.21. The smallest absolute Gasteiger partial charge is 0.182 e. The molecular formula is C20H18ClFN8S. The maximum Gasteiger partial charge on any atom is 0.182 e. The van der Waals surface area contributed by atoms with Gasteiger partial charge < -0.3 is 10.3 Å². The number of hydrogen-bond acceptors (Lipinski definition) is 6. The van der Waals surface area contributed by atoms with Gasteiger partial charge in [0.15, 0.2) is 22.3 Å². The minimum Gasteiger partial charge on any atom is -0.361 e. The lowest BCUT2D eigenvalue weighted by atomic mass is 9.98. The zero-order chi connectivity index (χ0) is 20.7. The first-order valence-corrected chi connectivity index (χ1v) is 9.72. The average molecular weight is 457 g/mol. The number of nitrogens with zero attached hydrogens (tertiary/aromatic N) is 6. The predicted octanol–water partition coefficient (Wildman–Crippen LogP) is 4.53. The lowest BCUT2D eigenvalue weighted by Crippen LogP contribution is -2.14. The summed E-state index contributed by atoms with van der Waals surface area (Å²) in [7, 11) is 0. The molecule has 1 atom stereocenters. The van der Waals surface area contributed by atoms with E-state index in [0.29, 0.717) is 45.5 Å². The van der Waals surface area contributed by atoms with Crippen LogP contribution in [-0.2, 0) is 0 Å². The summed E-state index contributed by atoms with van der Waals surface area (Å²) in [5, 5.41) is 8.50. The highest BCUT2D eigenvalue weighted by Crippen LogP contribution is 2.33. The summed E-state index contributed by atoms with van der Waals surface area (Å²) >= 11 is 6.23. The average Bonchev–Trinajstić information content (AvgIpc) is 3.38. The van der Waals surface area contributed by atoms with E-state index in [4.69, 9.17) is 11.6 Å². The molecule has 31 heavy (non-hydrogen) atoms. The zero-order valence-electron chi connectivity index (χ0n) is 16.3. The lowest BCUT2D eigenvalue weighted by molar-refractivity contribution is 0.628. The highest BCUT2D eigenvalue weighted by atomic mass is 35.5. The second-order valence-corrected chi connectivity index (χ2v) is 7.13. The Kier molecular flexibility index (Phi) is 5.75. The number of aromatic nitrogens is 7. The van der Waals surface area contributed by atoms with Gasteiger partial charge in [-0.05, 0) is 24.6 Å². The summed E-state index contributed by atoms with van der Waals surface area (Å²) in [5.74, 6) is 0.281. The molecule has 4 aromatic heterocycles. The molecular weight excluding hydrogens is 439 g/mol. The fourth-order valence-corrected chi connectivity index (χ4v) is 3.64.